The quantitative estimate of drug-likeness (QED) is 0.212. The van der Waals surface area contributed by atoms with Crippen LogP contribution in [0.1, 0.15) is 317 Å². The molecule has 6 atom stereocenters. The first-order valence-electron chi connectivity index (χ1n) is 31.6. The predicted molar refractivity (Wildman–Crippen MR) is 331 cm³/mol. The van der Waals surface area contributed by atoms with Gasteiger partial charge in [-0.1, -0.05) is 236 Å². The van der Waals surface area contributed by atoms with Crippen LogP contribution in [0.15, 0.2) is 72.9 Å². The summed E-state index contributed by atoms with van der Waals surface area (Å²) in [6, 6.07) is 0. The van der Waals surface area contributed by atoms with Gasteiger partial charge in [0.25, 0.3) is 0 Å². The summed E-state index contributed by atoms with van der Waals surface area (Å²) < 4.78 is 0. The zero-order chi connectivity index (χ0) is 54.2. The van der Waals surface area contributed by atoms with Gasteiger partial charge in [0.05, 0.1) is 0 Å². The molecule has 0 amide bonds. The van der Waals surface area contributed by atoms with Crippen LogP contribution in [0.5, 0.6) is 0 Å². The molecule has 6 unspecified atom stereocenters. The van der Waals surface area contributed by atoms with E-state index < -0.39 is 0 Å². The van der Waals surface area contributed by atoms with Gasteiger partial charge in [0, 0.05) is 0 Å². The smallest absolute Gasteiger partial charge is 0.0185 e. The van der Waals surface area contributed by atoms with E-state index in [1.165, 1.54) is 193 Å². The molecular weight excluding hydrogens is 865 g/mol. The Morgan fingerprint density at radius 2 is 0.472 bits per heavy atom. The van der Waals surface area contributed by atoms with E-state index in [1.54, 1.807) is 0 Å². The van der Waals surface area contributed by atoms with Crippen LogP contribution in [0, 0.1) is 68.0 Å². The molecule has 0 fully saturated rings. The van der Waals surface area contributed by atoms with Crippen molar-refractivity contribution < 1.29 is 0 Å². The molecule has 0 saturated heterocycles. The predicted octanol–water partition coefficient (Wildman–Crippen LogP) is 25.0. The third-order valence-electron chi connectivity index (χ3n) is 17.7. The second kappa shape index (κ2) is 36.5. The normalized spacial score (nSPS) is 26.4. The maximum absolute atomic E-state index is 2.44. The van der Waals surface area contributed by atoms with Gasteiger partial charge in [0.1, 0.15) is 0 Å². The van der Waals surface area contributed by atoms with Gasteiger partial charge in [0.2, 0.25) is 0 Å². The summed E-state index contributed by atoms with van der Waals surface area (Å²) in [4.78, 5) is 0. The average molecular weight is 998 g/mol. The van der Waals surface area contributed by atoms with Crippen LogP contribution in [-0.4, -0.2) is 0 Å². The molecule has 0 heterocycles. The number of rotatable bonds is 0. The van der Waals surface area contributed by atoms with Crippen molar-refractivity contribution >= 4 is 0 Å². The van der Waals surface area contributed by atoms with Crippen molar-refractivity contribution in [3.8, 4) is 0 Å². The van der Waals surface area contributed by atoms with Crippen molar-refractivity contribution in [2.45, 2.75) is 317 Å². The first-order valence-corrected chi connectivity index (χ1v) is 31.6. The van der Waals surface area contributed by atoms with Gasteiger partial charge >= 0.3 is 0 Å². The van der Waals surface area contributed by atoms with Crippen LogP contribution in [0.2, 0.25) is 0 Å². The van der Waals surface area contributed by atoms with Crippen molar-refractivity contribution in [2.75, 3.05) is 0 Å². The Bertz CT molecular complexity index is 1360. The van der Waals surface area contributed by atoms with Crippen molar-refractivity contribution in [2.24, 2.45) is 68.0 Å². The van der Waals surface area contributed by atoms with Crippen molar-refractivity contribution in [3.63, 3.8) is 0 Å². The van der Waals surface area contributed by atoms with Crippen LogP contribution in [-0.2, 0) is 0 Å². The molecule has 6 rings (SSSR count). The first-order chi connectivity index (χ1) is 33.6. The van der Waals surface area contributed by atoms with Gasteiger partial charge in [-0.2, -0.15) is 0 Å². The topological polar surface area (TPSA) is 0 Å². The van der Waals surface area contributed by atoms with E-state index in [-0.39, 0.29) is 0 Å². The van der Waals surface area contributed by atoms with Crippen LogP contribution < -0.4 is 0 Å². The zero-order valence-corrected chi connectivity index (χ0v) is 52.6. The maximum atomic E-state index is 2.44. The Morgan fingerprint density at radius 1 is 0.208 bits per heavy atom. The van der Waals surface area contributed by atoms with Gasteiger partial charge in [-0.05, 0) is 222 Å². The molecule has 0 aromatic carbocycles. The number of hydrogen-bond acceptors (Lipinski definition) is 0. The standard InChI is InChI=1S/6C12H22/c6*1-12(2,3)11-9-7-5-4-6-8-10-11/h2*7,9,11H,4-6,8,10H2,1-3H3;2*5,7,11H,4,6,8-10H2,1-3H3;2*4-5,11H,6-10H2,1-3H3. The van der Waals surface area contributed by atoms with Crippen molar-refractivity contribution in [1.29, 1.82) is 0 Å². The lowest BCUT2D eigenvalue weighted by Gasteiger charge is -2.31. The van der Waals surface area contributed by atoms with E-state index >= 15 is 0 Å². The number of allylic oxidation sites excluding steroid dienone is 12. The third-order valence-corrected chi connectivity index (χ3v) is 17.7. The fourth-order valence-corrected chi connectivity index (χ4v) is 11.7. The minimum atomic E-state index is 0.466. The third kappa shape index (κ3) is 34.9. The Labute approximate surface area is 456 Å². The fourth-order valence-electron chi connectivity index (χ4n) is 11.7. The summed E-state index contributed by atoms with van der Waals surface area (Å²) >= 11 is 0. The second-order valence-corrected chi connectivity index (χ2v) is 30.3. The zero-order valence-electron chi connectivity index (χ0n) is 52.6. The van der Waals surface area contributed by atoms with Gasteiger partial charge in [0.15, 0.2) is 0 Å². The molecule has 0 heteroatoms. The highest BCUT2D eigenvalue weighted by atomic mass is 14.3. The molecule has 0 saturated carbocycles. The van der Waals surface area contributed by atoms with E-state index in [4.69, 9.17) is 0 Å². The van der Waals surface area contributed by atoms with E-state index in [9.17, 15) is 0 Å². The van der Waals surface area contributed by atoms with E-state index in [2.05, 4.69) is 198 Å². The summed E-state index contributed by atoms with van der Waals surface area (Å²) in [7, 11) is 0. The minimum Gasteiger partial charge on any atom is -0.0885 e. The largest absolute Gasteiger partial charge is 0.0885 e. The lowest BCUT2D eigenvalue weighted by atomic mass is 9.75. The molecule has 6 aliphatic rings. The minimum absolute atomic E-state index is 0.466. The summed E-state index contributed by atoms with van der Waals surface area (Å²) in [5.41, 5.74) is 2.97. The van der Waals surface area contributed by atoms with Crippen molar-refractivity contribution in [1.82, 2.24) is 0 Å². The average Bonchev–Trinajstić information content (AvgIpc) is 3.15. The van der Waals surface area contributed by atoms with E-state index in [1.807, 2.05) is 0 Å². The monoisotopic (exact) mass is 997 g/mol. The highest BCUT2D eigenvalue weighted by molar-refractivity contribution is 4.97. The highest BCUT2D eigenvalue weighted by Gasteiger charge is 2.27. The van der Waals surface area contributed by atoms with Crippen LogP contribution in [0.25, 0.3) is 0 Å². The molecule has 420 valence electrons. The summed E-state index contributed by atoms with van der Waals surface area (Å²) in [6.07, 6.45) is 69.7. The highest BCUT2D eigenvalue weighted by Crippen LogP contribution is 2.39. The molecule has 0 nitrogen and oxygen atoms in total. The Balaban J connectivity index is 0.000000432. The molecule has 0 aromatic heterocycles. The Morgan fingerprint density at radius 3 is 0.806 bits per heavy atom. The molecule has 0 aliphatic heterocycles. The molecule has 0 radical (unpaired) electrons. The molecular formula is C72H132. The number of hydrogen-bond donors (Lipinski definition) is 0. The summed E-state index contributed by atoms with van der Waals surface area (Å²) in [5, 5.41) is 0. The van der Waals surface area contributed by atoms with Crippen LogP contribution in [0.3, 0.4) is 0 Å². The molecule has 72 heavy (non-hydrogen) atoms. The maximum Gasteiger partial charge on any atom is -0.0185 e. The first kappa shape index (κ1) is 68.5. The van der Waals surface area contributed by atoms with Gasteiger partial charge in [-0.15, -0.1) is 0 Å². The van der Waals surface area contributed by atoms with Crippen LogP contribution >= 0.6 is 0 Å². The lowest BCUT2D eigenvalue weighted by molar-refractivity contribution is 0.208. The van der Waals surface area contributed by atoms with Gasteiger partial charge < -0.3 is 0 Å². The fraction of sp³-hybridized carbons (Fsp3) is 0.833. The molecule has 0 aromatic rings. The molecule has 0 bridgehead atoms. The summed E-state index contributed by atoms with van der Waals surface area (Å²) in [5.74, 6) is 5.27. The van der Waals surface area contributed by atoms with Gasteiger partial charge in [-0.25, -0.2) is 0 Å². The molecule has 0 spiro atoms. The lowest BCUT2D eigenvalue weighted by Crippen LogP contribution is -2.20. The molecule has 6 aliphatic carbocycles. The SMILES string of the molecule is CC(C)(C)C1C=CCCCCC1.CC(C)(C)C1C=CCCCCC1.CC(C)(C)C1CC=CCCCC1.CC(C)(C)C1CC=CCCCC1.CC(C)(C)C1CCC=CCCC1.CC(C)(C)C1CCC=CCCC1. The van der Waals surface area contributed by atoms with E-state index in [0.717, 1.165) is 35.5 Å². The second-order valence-electron chi connectivity index (χ2n) is 30.3. The van der Waals surface area contributed by atoms with Crippen molar-refractivity contribution in [3.05, 3.63) is 72.9 Å². The molecule has 0 N–H and O–H groups in total. The van der Waals surface area contributed by atoms with E-state index in [0.29, 0.717) is 32.5 Å². The van der Waals surface area contributed by atoms with Crippen LogP contribution in [0.4, 0.5) is 0 Å². The van der Waals surface area contributed by atoms with Gasteiger partial charge in [-0.3, -0.25) is 0 Å². The Hall–Kier alpha value is -1.56. The Kier molecular flexibility index (Phi) is 34.7. The summed E-state index contributed by atoms with van der Waals surface area (Å²) in [6.45, 7) is 42.6.